The second-order valence-electron chi connectivity index (χ2n) is 9.56. The third kappa shape index (κ3) is 4.92. The number of hydrogen-bond donors (Lipinski definition) is 2. The van der Waals surface area contributed by atoms with Gasteiger partial charge >= 0.3 is 5.97 Å². The van der Waals surface area contributed by atoms with Gasteiger partial charge in [-0.05, 0) is 104 Å². The van der Waals surface area contributed by atoms with Gasteiger partial charge in [-0.25, -0.2) is 4.79 Å². The number of ether oxygens (including phenoxy) is 1. The summed E-state index contributed by atoms with van der Waals surface area (Å²) in [5, 5.41) is 13.4. The molecule has 8 heteroatoms. The first-order chi connectivity index (χ1) is 19.5. The van der Waals surface area contributed by atoms with Gasteiger partial charge in [0.2, 0.25) is 0 Å². The summed E-state index contributed by atoms with van der Waals surface area (Å²) in [6.45, 7) is 2.04. The van der Waals surface area contributed by atoms with Crippen LogP contribution in [0.2, 0.25) is 0 Å². The average Bonchev–Trinajstić information content (AvgIpc) is 3.59. The quantitative estimate of drug-likeness (QED) is 0.216. The molecule has 0 unspecified atom stereocenters. The minimum atomic E-state index is -0.958. The number of thiocarbonyl (C=S) groups is 1. The number of rotatable bonds is 7. The van der Waals surface area contributed by atoms with E-state index in [9.17, 15) is 9.90 Å². The second-order valence-corrected chi connectivity index (χ2v) is 9.95. The van der Waals surface area contributed by atoms with Crippen molar-refractivity contribution in [3.8, 4) is 17.2 Å². The van der Waals surface area contributed by atoms with Crippen LogP contribution >= 0.6 is 12.2 Å². The van der Waals surface area contributed by atoms with Gasteiger partial charge in [0, 0.05) is 29.5 Å². The molecular formula is C32H26N4O3S. The summed E-state index contributed by atoms with van der Waals surface area (Å²) in [4.78, 5) is 18.1. The predicted octanol–water partition coefficient (Wildman–Crippen LogP) is 6.85. The van der Waals surface area contributed by atoms with Crippen LogP contribution in [0.25, 0.3) is 5.69 Å². The standard InChI is InChI=1S/C32H26N4O3S/c1-21-7-15-25(16-8-21)39-26-17-13-24(14-18-26)36-30(29(34-32(36)40)27-5-2-3-19-33-27)28-6-4-20-35(28)23-11-9-22(10-12-23)31(37)38/h2-20,29-30H,1H3,(H,34,40)(H,37,38)/t29-,30+/m0/s1. The minimum absolute atomic E-state index is 0.218. The summed E-state index contributed by atoms with van der Waals surface area (Å²) >= 11 is 5.89. The van der Waals surface area contributed by atoms with Crippen LogP contribution in [-0.2, 0) is 0 Å². The maximum absolute atomic E-state index is 11.4. The van der Waals surface area contributed by atoms with E-state index in [1.165, 1.54) is 5.56 Å². The Hall–Kier alpha value is -4.95. The number of anilines is 1. The Balaban J connectivity index is 1.38. The molecule has 7 nitrogen and oxygen atoms in total. The highest BCUT2D eigenvalue weighted by molar-refractivity contribution is 7.80. The van der Waals surface area contributed by atoms with E-state index in [0.717, 1.165) is 34.3 Å². The first-order valence-corrected chi connectivity index (χ1v) is 13.2. The molecule has 3 aromatic carbocycles. The van der Waals surface area contributed by atoms with Crippen molar-refractivity contribution in [3.63, 3.8) is 0 Å². The summed E-state index contributed by atoms with van der Waals surface area (Å²) < 4.78 is 8.11. The lowest BCUT2D eigenvalue weighted by Crippen LogP contribution is -2.30. The van der Waals surface area contributed by atoms with Crippen molar-refractivity contribution in [3.05, 3.63) is 138 Å². The molecule has 40 heavy (non-hydrogen) atoms. The lowest BCUT2D eigenvalue weighted by molar-refractivity contribution is 0.0697. The topological polar surface area (TPSA) is 79.6 Å². The van der Waals surface area contributed by atoms with E-state index >= 15 is 0 Å². The molecule has 1 aliphatic heterocycles. The summed E-state index contributed by atoms with van der Waals surface area (Å²) in [6, 6.07) is 32.1. The number of pyridine rings is 1. The Labute approximate surface area is 237 Å². The lowest BCUT2D eigenvalue weighted by Gasteiger charge is -2.29. The minimum Gasteiger partial charge on any atom is -0.478 e. The summed E-state index contributed by atoms with van der Waals surface area (Å²) in [6.07, 6.45) is 3.75. The van der Waals surface area contributed by atoms with Crippen LogP contribution in [0, 0.1) is 6.92 Å². The van der Waals surface area contributed by atoms with Crippen LogP contribution in [0.1, 0.15) is 39.4 Å². The molecule has 1 fully saturated rings. The van der Waals surface area contributed by atoms with E-state index in [-0.39, 0.29) is 17.6 Å². The van der Waals surface area contributed by atoms with E-state index in [1.54, 1.807) is 18.3 Å². The Morgan fingerprint density at radius 1 is 0.875 bits per heavy atom. The molecule has 1 aliphatic rings. The number of hydrogen-bond acceptors (Lipinski definition) is 4. The van der Waals surface area contributed by atoms with Crippen LogP contribution in [0.5, 0.6) is 11.5 Å². The number of carbonyl (C=O) groups is 1. The van der Waals surface area contributed by atoms with Crippen LogP contribution in [0.3, 0.4) is 0 Å². The van der Waals surface area contributed by atoms with Crippen molar-refractivity contribution in [2.75, 3.05) is 4.90 Å². The molecule has 6 rings (SSSR count). The van der Waals surface area contributed by atoms with Gasteiger partial charge < -0.3 is 24.6 Å². The summed E-state index contributed by atoms with van der Waals surface area (Å²) in [7, 11) is 0. The van der Waals surface area contributed by atoms with E-state index in [1.807, 2.05) is 98.0 Å². The van der Waals surface area contributed by atoms with Crippen LogP contribution < -0.4 is 15.0 Å². The van der Waals surface area contributed by atoms with Gasteiger partial charge in [0.25, 0.3) is 0 Å². The Bertz CT molecular complexity index is 1650. The Morgan fingerprint density at radius 3 is 2.20 bits per heavy atom. The fourth-order valence-electron chi connectivity index (χ4n) is 4.99. The molecule has 0 saturated carbocycles. The van der Waals surface area contributed by atoms with Crippen molar-refractivity contribution >= 4 is 29.0 Å². The number of aromatic nitrogens is 2. The molecule has 0 aliphatic carbocycles. The first-order valence-electron chi connectivity index (χ1n) is 12.8. The molecule has 2 aromatic heterocycles. The third-order valence-electron chi connectivity index (χ3n) is 6.95. The van der Waals surface area contributed by atoms with Crippen molar-refractivity contribution in [2.24, 2.45) is 0 Å². The van der Waals surface area contributed by atoms with Gasteiger partial charge in [-0.3, -0.25) is 4.98 Å². The zero-order valence-electron chi connectivity index (χ0n) is 21.6. The Kier molecular flexibility index (Phi) is 6.76. The lowest BCUT2D eigenvalue weighted by atomic mass is 10.0. The molecule has 0 bridgehead atoms. The number of benzene rings is 3. The highest BCUT2D eigenvalue weighted by atomic mass is 32.1. The fraction of sp³-hybridized carbons (Fsp3) is 0.0938. The molecule has 3 heterocycles. The number of nitrogens with one attached hydrogen (secondary N) is 1. The van der Waals surface area contributed by atoms with Crippen LogP contribution in [-0.4, -0.2) is 25.7 Å². The van der Waals surface area contributed by atoms with E-state index in [2.05, 4.69) is 25.8 Å². The third-order valence-corrected chi connectivity index (χ3v) is 7.26. The van der Waals surface area contributed by atoms with Crippen molar-refractivity contribution < 1.29 is 14.6 Å². The number of carboxylic acids is 1. The van der Waals surface area contributed by atoms with E-state index in [0.29, 0.717) is 5.11 Å². The van der Waals surface area contributed by atoms with Gasteiger partial charge in [-0.15, -0.1) is 0 Å². The van der Waals surface area contributed by atoms with Gasteiger partial charge in [0.15, 0.2) is 5.11 Å². The molecule has 0 amide bonds. The highest BCUT2D eigenvalue weighted by Crippen LogP contribution is 2.42. The smallest absolute Gasteiger partial charge is 0.335 e. The molecule has 5 aromatic rings. The van der Waals surface area contributed by atoms with Crippen molar-refractivity contribution in [1.29, 1.82) is 0 Å². The van der Waals surface area contributed by atoms with Gasteiger partial charge in [-0.1, -0.05) is 23.8 Å². The molecule has 2 atom stereocenters. The number of aryl methyl sites for hydroxylation is 1. The van der Waals surface area contributed by atoms with E-state index < -0.39 is 5.97 Å². The second kappa shape index (κ2) is 10.7. The SMILES string of the molecule is Cc1ccc(Oc2ccc(N3C(=S)N[C@@H](c4ccccn4)[C@H]3c3cccn3-c3ccc(C(=O)O)cc3)cc2)cc1. The fourth-order valence-corrected chi connectivity index (χ4v) is 5.33. The molecule has 2 N–H and O–H groups in total. The largest absolute Gasteiger partial charge is 0.478 e. The predicted molar refractivity (Wildman–Crippen MR) is 158 cm³/mol. The van der Waals surface area contributed by atoms with Crippen LogP contribution in [0.4, 0.5) is 5.69 Å². The first kappa shape index (κ1) is 25.3. The zero-order valence-corrected chi connectivity index (χ0v) is 22.5. The summed E-state index contributed by atoms with van der Waals surface area (Å²) in [5.41, 5.74) is 5.02. The zero-order chi connectivity index (χ0) is 27.6. The molecule has 0 spiro atoms. The number of aromatic carboxylic acids is 1. The monoisotopic (exact) mass is 546 g/mol. The van der Waals surface area contributed by atoms with Gasteiger partial charge in [-0.2, -0.15) is 0 Å². The number of nitrogens with zero attached hydrogens (tertiary/aromatic N) is 3. The highest BCUT2D eigenvalue weighted by Gasteiger charge is 2.42. The van der Waals surface area contributed by atoms with E-state index in [4.69, 9.17) is 17.0 Å². The maximum Gasteiger partial charge on any atom is 0.335 e. The van der Waals surface area contributed by atoms with Crippen LogP contribution in [0.15, 0.2) is 116 Å². The Morgan fingerprint density at radius 2 is 1.55 bits per heavy atom. The molecule has 0 radical (unpaired) electrons. The van der Waals surface area contributed by atoms with Gasteiger partial charge in [0.05, 0.1) is 17.3 Å². The van der Waals surface area contributed by atoms with Gasteiger partial charge in [0.1, 0.15) is 17.5 Å². The normalized spacial score (nSPS) is 16.5. The van der Waals surface area contributed by atoms with Crippen molar-refractivity contribution in [1.82, 2.24) is 14.9 Å². The van der Waals surface area contributed by atoms with Crippen molar-refractivity contribution in [2.45, 2.75) is 19.0 Å². The molecule has 1 saturated heterocycles. The average molecular weight is 547 g/mol. The summed E-state index contributed by atoms with van der Waals surface area (Å²) in [5.74, 6) is 0.544. The molecule has 198 valence electrons. The number of carboxylic acid groups (broad SMARTS) is 1. The molecular weight excluding hydrogens is 520 g/mol. The maximum atomic E-state index is 11.4.